The number of para-hydroxylation sites is 1. The maximum Gasteiger partial charge on any atom is 0 e. The fraction of sp³-hybridized carbons (Fsp3) is 0.797. The summed E-state index contributed by atoms with van der Waals surface area (Å²) in [5.74, 6) is -7.95. The van der Waals surface area contributed by atoms with Gasteiger partial charge in [0, 0.05) is 115 Å². The van der Waals surface area contributed by atoms with Crippen LogP contribution in [-0.4, -0.2) is 281 Å². The van der Waals surface area contributed by atoms with Gasteiger partial charge in [0.05, 0.1) is 6.10 Å². The first-order valence-corrected chi connectivity index (χ1v) is 47.1. The molecule has 6 fully saturated rings. The number of benzene rings is 1. The van der Waals surface area contributed by atoms with Gasteiger partial charge >= 0.3 is 597 Å². The number of hydrogen-bond donors (Lipinski definition) is 4. The van der Waals surface area contributed by atoms with Crippen molar-refractivity contribution in [1.82, 2.24) is 0 Å². The molecule has 39 nitrogen and oxygen atoms in total. The van der Waals surface area contributed by atoms with Crippen LogP contribution in [0.5, 0.6) is 0 Å². The number of aliphatic imine (C=N–C) groups is 1. The average Bonchev–Trinajstić information content (AvgIpc) is 0.765. The topological polar surface area (TPSA) is 530 Å². The van der Waals surface area contributed by atoms with Crippen molar-refractivity contribution in [1.29, 1.82) is 5.41 Å². The van der Waals surface area contributed by atoms with Gasteiger partial charge in [-0.2, -0.15) is 0 Å². The van der Waals surface area contributed by atoms with Crippen molar-refractivity contribution >= 4 is 186 Å². The SMILES string of the molecule is CC(=O)OCC1O[C@H](OC(=N)C(Cl)(Cl)Cl)C(N=[N+]=[N-])[C@@H](C)[C@@H]1C.CC[C@H](C)C1OC(OC(=Nc2ccccc2)C(F)(F)F)C(O[C@H]2OC(COC(C)=O)[C@@H](OC(C)=O)C(OC(C)=O)C2N=[N+]=[N-])[C@@H](C)[C@@H]1P[B]B=O.CC[C@H](C)C1OC(S)C(O)[C@@H](C)[C@@H]1P[B]B=O.CC[C@H](C)C1OC(S)C(O[C@H]2OC(COC(C)=O)[C@@H](OC(C)=O)C(OC(C)=O)C2N=[N+]=[N-])[C@@H](C)[C@@H]1P[B]B=O.[Ar].[Ar]. The number of hydrogen-bond acceptors (Lipinski definition) is 35. The number of nitrogens with one attached hydrogen (secondary N) is 1. The van der Waals surface area contributed by atoms with E-state index in [0.717, 1.165) is 61.5 Å². The van der Waals surface area contributed by atoms with Gasteiger partial charge in [-0.05, 0) is 17.4 Å². The molecule has 0 aromatic heterocycles. The van der Waals surface area contributed by atoms with Gasteiger partial charge < -0.3 is 14.2 Å². The van der Waals surface area contributed by atoms with Gasteiger partial charge in [-0.1, -0.05) is 59.8 Å². The first-order chi connectivity index (χ1) is 61.1. The maximum absolute atomic E-state index is 14.5. The summed E-state index contributed by atoms with van der Waals surface area (Å²) in [5.41, 5.74) is 26.0. The molecular formula is C74H111Ar2B6Cl3F3N11O28P3S2. The molecule has 6 saturated heterocycles. The standard InChI is InChI=1S/C30H39B2F3N4O11P.C22H35B2N3O10PS.C12H17Cl3N4O4.C10H20B2O3PS.2Ar/c1-7-14(2)22-26(51-32-31-43)15(3)23(28(48-22)50-29(30(33,34)35)37-19-11-9-8-10-12-19)49-27-21(38-39-36)25(46-18(6)42)24(45-17(5)41)20(47-27)13-44-16(4)40;1-7-9(2)16-20(38-24-23-31)10(3)17(22(39)37-16)36-21-15(26-27-25)19(34-13(6)30)18(33-12(5)29)14(35-21)8-32-11(4)28;1-5-6(2)9(18-19-17)10(23-11(16)12(13,14)15)22-8(5)4-21-7(3)20;1-4-5(2)8-9(16-12-11-14)6(3)7(13)10(17)15-8;;/h8-12,14-15,20-28,51H,7,13H2,1-6H3;9-10,14-22,38-39H,7-8H2,1-6H3;5-6,8-10,16H,4H2,1-3H3;5-10,13,16-17H,4H2,1-3H3;;/t14-,15+,20?,21?,22?,23?,24+,25?,26-,27+,28?;9-,10+,14?,15?,16?,17?,18+,19?,20-,21+,22?;5-,6-,8?,9?,10+;5-,6+,7?,8?,9-,10?;;/m0000../s1. The van der Waals surface area contributed by atoms with Crippen molar-refractivity contribution in [3.8, 4) is 0 Å². The number of nitrogens with zero attached hydrogens (tertiary/aromatic N) is 10. The predicted molar refractivity (Wildman–Crippen MR) is 483 cm³/mol. The number of carbonyl (C=O) groups is 7. The van der Waals surface area contributed by atoms with Crippen molar-refractivity contribution in [3.05, 3.63) is 61.7 Å². The molecule has 7 rings (SSSR count). The van der Waals surface area contributed by atoms with E-state index in [4.69, 9.17) is 126 Å². The number of carbonyl (C=O) groups excluding carboxylic acids is 7. The van der Waals surface area contributed by atoms with Crippen LogP contribution in [0.2, 0.25) is 0 Å². The summed E-state index contributed by atoms with van der Waals surface area (Å²) in [6.45, 7) is 33.1. The van der Waals surface area contributed by atoms with Gasteiger partial charge in [0.25, 0.3) is 3.79 Å². The molecular weight excluding hydrogens is 1960 g/mol. The molecule has 36 atom stereocenters. The quantitative estimate of drug-likeness (QED) is 0.00419. The summed E-state index contributed by atoms with van der Waals surface area (Å²) in [5, 5.41) is 28.7. The Labute approximate surface area is 859 Å². The molecule has 6 aliphatic heterocycles. The molecule has 20 unspecified atom stereocenters. The zero-order valence-electron chi connectivity index (χ0n) is 75.5. The van der Waals surface area contributed by atoms with Crippen LogP contribution in [-0.2, 0) is 128 Å². The van der Waals surface area contributed by atoms with Crippen molar-refractivity contribution in [2.45, 2.75) is 304 Å². The molecule has 132 heavy (non-hydrogen) atoms. The minimum atomic E-state index is -5.09. The number of halogens is 6. The smallest absolute Gasteiger partial charge is 0 e. The Hall–Kier alpha value is -3.02. The Balaban J connectivity index is 0.000000640. The van der Waals surface area contributed by atoms with Gasteiger partial charge in [-0.3, -0.25) is 29.4 Å². The maximum atomic E-state index is 14.5. The number of ether oxygens (including phenoxy) is 17. The Morgan fingerprint density at radius 3 is 1.21 bits per heavy atom. The zero-order chi connectivity index (χ0) is 97.9. The van der Waals surface area contributed by atoms with Gasteiger partial charge in [0.1, 0.15) is 12.6 Å². The first-order valence-electron chi connectivity index (χ1n) is 41.4. The summed E-state index contributed by atoms with van der Waals surface area (Å²) in [7, 11) is 2.59. The van der Waals surface area contributed by atoms with Crippen LogP contribution in [0.3, 0.4) is 0 Å². The molecule has 1 aromatic carbocycles. The van der Waals surface area contributed by atoms with Gasteiger partial charge in [-0.15, -0.1) is 0 Å². The van der Waals surface area contributed by atoms with Crippen LogP contribution in [0.15, 0.2) is 50.7 Å². The van der Waals surface area contributed by atoms with E-state index in [9.17, 15) is 77.0 Å². The molecule has 2 N–H and O–H groups in total. The summed E-state index contributed by atoms with van der Waals surface area (Å²) in [6.07, 6.45) is -20.8. The molecule has 3 radical (unpaired) electrons. The summed E-state index contributed by atoms with van der Waals surface area (Å²) in [4.78, 5) is 94.7. The first kappa shape index (κ1) is 125. The van der Waals surface area contributed by atoms with Crippen molar-refractivity contribution in [3.63, 3.8) is 0 Å². The molecule has 6 heterocycles. The third-order valence-electron chi connectivity index (χ3n) is 22.2. The Kier molecular flexibility index (Phi) is 59.0. The van der Waals surface area contributed by atoms with E-state index >= 15 is 0 Å². The van der Waals surface area contributed by atoms with Gasteiger partial charge in [0.15, 0.2) is 0 Å². The van der Waals surface area contributed by atoms with E-state index in [-0.39, 0.29) is 170 Å². The second-order valence-corrected chi connectivity index (χ2v) is 38.6. The van der Waals surface area contributed by atoms with Crippen LogP contribution in [0.25, 0.3) is 31.3 Å². The molecule has 0 amide bonds. The number of alkyl halides is 6. The van der Waals surface area contributed by atoms with Crippen LogP contribution >= 0.6 is 85.4 Å². The van der Waals surface area contributed by atoms with Crippen LogP contribution in [0.1, 0.15) is 144 Å². The van der Waals surface area contributed by atoms with Crippen molar-refractivity contribution < 1.29 is 222 Å². The van der Waals surface area contributed by atoms with E-state index in [1.165, 1.54) is 45.0 Å². The van der Waals surface area contributed by atoms with Crippen molar-refractivity contribution in [2.24, 2.45) is 67.7 Å². The van der Waals surface area contributed by atoms with Crippen LogP contribution in [0, 0.1) is 128 Å². The van der Waals surface area contributed by atoms with E-state index in [1.807, 2.05) is 41.5 Å². The molecule has 733 valence electrons. The molecule has 1 aromatic rings. The van der Waals surface area contributed by atoms with Gasteiger partial charge in [-0.25, -0.2) is 0 Å². The van der Waals surface area contributed by atoms with E-state index in [0.29, 0.717) is 27.8 Å². The number of aliphatic hydroxyl groups excluding tert-OH is 1. The molecule has 0 saturated carbocycles. The Morgan fingerprint density at radius 1 is 0.485 bits per heavy atom. The number of azide groups is 3. The number of esters is 7. The number of aliphatic hydroxyl groups is 1. The van der Waals surface area contributed by atoms with E-state index in [1.54, 1.807) is 26.8 Å². The molecule has 58 heteroatoms. The second kappa shape index (κ2) is 62.3. The predicted octanol–water partition coefficient (Wildman–Crippen LogP) is 11.6. The van der Waals surface area contributed by atoms with Crippen molar-refractivity contribution in [2.75, 3.05) is 19.8 Å². The van der Waals surface area contributed by atoms with Crippen LogP contribution in [0.4, 0.5) is 18.9 Å². The average molecular weight is 2070 g/mol. The normalized spacial score (nSPS) is 32.7. The third-order valence-corrected chi connectivity index (χ3v) is 28.2. The summed E-state index contributed by atoms with van der Waals surface area (Å²) >= 11 is 25.7. The molecule has 6 aliphatic rings. The molecule has 0 bridgehead atoms. The largest absolute Gasteiger partial charge is 0 e. The Morgan fingerprint density at radius 2 is 0.841 bits per heavy atom. The second-order valence-electron chi connectivity index (χ2n) is 31.3. The minimum absolute atomic E-state index is 0. The van der Waals surface area contributed by atoms with Crippen LogP contribution < -0.4 is 0 Å². The zero-order valence-corrected chi connectivity index (χ0v) is 83.9. The molecule has 0 aliphatic carbocycles. The fourth-order valence-electron chi connectivity index (χ4n) is 14.8. The Bertz CT molecular complexity index is 4080. The summed E-state index contributed by atoms with van der Waals surface area (Å²) in [6, 6.07) is 3.69. The van der Waals surface area contributed by atoms with Gasteiger partial charge in [0.2, 0.25) is 12.2 Å². The number of thiol groups is 2. The third kappa shape index (κ3) is 39.1. The van der Waals surface area contributed by atoms with E-state index in [2.05, 4.69) is 88.0 Å². The summed E-state index contributed by atoms with van der Waals surface area (Å²) < 4.78 is 171. The fourth-order valence-corrected chi connectivity index (χ4v) is 20.0. The van der Waals surface area contributed by atoms with E-state index < -0.39 is 203 Å². The minimum Gasteiger partial charge on any atom is 0 e. The number of rotatable bonds is 35. The molecule has 0 spiro atoms. The monoisotopic (exact) mass is 2070 g/mol.